The highest BCUT2D eigenvalue weighted by atomic mass is 32.1. The van der Waals surface area contributed by atoms with Crippen LogP contribution in [0.15, 0.2) is 41.7 Å². The van der Waals surface area contributed by atoms with Crippen LogP contribution >= 0.6 is 11.3 Å². The number of ketones is 1. The molecule has 1 fully saturated rings. The van der Waals surface area contributed by atoms with Gasteiger partial charge in [0.15, 0.2) is 5.76 Å². The molecule has 0 spiro atoms. The first-order valence-electron chi connectivity index (χ1n) is 9.36. The fourth-order valence-corrected chi connectivity index (χ4v) is 4.80. The molecule has 2 atom stereocenters. The molecule has 28 heavy (non-hydrogen) atoms. The highest BCUT2D eigenvalue weighted by molar-refractivity contribution is 7.14. The van der Waals surface area contributed by atoms with Gasteiger partial charge in [-0.25, -0.2) is 4.98 Å². The van der Waals surface area contributed by atoms with Gasteiger partial charge in [-0.2, -0.15) is 0 Å². The number of aryl methyl sites for hydroxylation is 2. The Hall–Kier alpha value is -2.51. The van der Waals surface area contributed by atoms with Crippen LogP contribution in [-0.2, 0) is 9.53 Å². The molecular weight excluding hydrogens is 376 g/mol. The number of benzene rings is 1. The summed E-state index contributed by atoms with van der Waals surface area (Å²) in [6.45, 7) is 4.63. The van der Waals surface area contributed by atoms with Crippen molar-refractivity contribution in [2.24, 2.45) is 0 Å². The first-order chi connectivity index (χ1) is 13.5. The fraction of sp³-hybridized carbons (Fsp3) is 0.381. The predicted octanol–water partition coefficient (Wildman–Crippen LogP) is 3.52. The van der Waals surface area contributed by atoms with Crippen LogP contribution < -0.4 is 0 Å². The summed E-state index contributed by atoms with van der Waals surface area (Å²) in [7, 11) is 0. The molecule has 2 aromatic rings. The SMILES string of the molecule is Cc1nc(C)c(C(=O)C2=C(O)C(=O)N(CC3CCCO3)C2c2ccccc2)s1. The standard InChI is InChI=1S/C21H22N2O4S/c1-12-20(28-13(2)22-12)18(24)16-17(14-7-4-3-5-8-14)23(21(26)19(16)25)11-15-9-6-10-27-15/h3-5,7-8,15,17,25H,6,9-11H2,1-2H3. The van der Waals surface area contributed by atoms with Crippen molar-refractivity contribution in [3.8, 4) is 0 Å². The minimum absolute atomic E-state index is 0.0789. The third-order valence-electron chi connectivity index (χ3n) is 5.20. The number of nitrogens with zero attached hydrogens (tertiary/aromatic N) is 2. The van der Waals surface area contributed by atoms with Gasteiger partial charge in [-0.1, -0.05) is 30.3 Å². The predicted molar refractivity (Wildman–Crippen MR) is 105 cm³/mol. The molecule has 146 valence electrons. The normalized spacial score (nSPS) is 22.4. The lowest BCUT2D eigenvalue weighted by Gasteiger charge is -2.28. The summed E-state index contributed by atoms with van der Waals surface area (Å²) >= 11 is 1.28. The average Bonchev–Trinajstić information content (AvgIpc) is 3.37. The number of aliphatic hydroxyl groups excluding tert-OH is 1. The van der Waals surface area contributed by atoms with Gasteiger partial charge in [0.25, 0.3) is 5.91 Å². The molecule has 1 aromatic heterocycles. The molecule has 1 amide bonds. The summed E-state index contributed by atoms with van der Waals surface area (Å²) in [5.74, 6) is -1.33. The van der Waals surface area contributed by atoms with Gasteiger partial charge >= 0.3 is 0 Å². The number of Topliss-reactive ketones (excluding diaryl/α,β-unsaturated/α-hetero) is 1. The number of carbonyl (C=O) groups excluding carboxylic acids is 2. The number of hydrogen-bond donors (Lipinski definition) is 1. The molecule has 0 radical (unpaired) electrons. The monoisotopic (exact) mass is 398 g/mol. The number of aromatic nitrogens is 1. The van der Waals surface area contributed by atoms with Gasteiger partial charge in [0.05, 0.1) is 33.3 Å². The van der Waals surface area contributed by atoms with Gasteiger partial charge in [-0.3, -0.25) is 9.59 Å². The van der Waals surface area contributed by atoms with Gasteiger partial charge in [-0.05, 0) is 32.3 Å². The maximum atomic E-state index is 13.3. The summed E-state index contributed by atoms with van der Waals surface area (Å²) < 4.78 is 5.70. The Kier molecular flexibility index (Phi) is 5.03. The second-order valence-corrected chi connectivity index (χ2v) is 8.35. The zero-order valence-electron chi connectivity index (χ0n) is 15.8. The second-order valence-electron chi connectivity index (χ2n) is 7.14. The zero-order chi connectivity index (χ0) is 19.8. The highest BCUT2D eigenvalue weighted by Crippen LogP contribution is 2.40. The molecule has 4 rings (SSSR count). The van der Waals surface area contributed by atoms with Crippen LogP contribution in [0.25, 0.3) is 0 Å². The molecule has 1 N–H and O–H groups in total. The Bertz CT molecular complexity index is 945. The van der Waals surface area contributed by atoms with Crippen LogP contribution in [0.5, 0.6) is 0 Å². The molecule has 2 unspecified atom stereocenters. The van der Waals surface area contributed by atoms with E-state index in [2.05, 4.69) is 4.98 Å². The molecule has 3 heterocycles. The molecule has 0 saturated carbocycles. The van der Waals surface area contributed by atoms with Crippen molar-refractivity contribution in [2.45, 2.75) is 38.8 Å². The lowest BCUT2D eigenvalue weighted by molar-refractivity contribution is -0.131. The third-order valence-corrected chi connectivity index (χ3v) is 6.27. The van der Waals surface area contributed by atoms with Gasteiger partial charge in [0.1, 0.15) is 0 Å². The van der Waals surface area contributed by atoms with E-state index >= 15 is 0 Å². The number of amides is 1. The van der Waals surface area contributed by atoms with Crippen molar-refractivity contribution in [3.63, 3.8) is 0 Å². The third kappa shape index (κ3) is 3.25. The molecular formula is C21H22N2O4S. The molecule has 0 aliphatic carbocycles. The summed E-state index contributed by atoms with van der Waals surface area (Å²) in [5.41, 5.74) is 1.53. The Morgan fingerprint density at radius 3 is 2.68 bits per heavy atom. The van der Waals surface area contributed by atoms with E-state index < -0.39 is 17.7 Å². The first-order valence-corrected chi connectivity index (χ1v) is 10.2. The van der Waals surface area contributed by atoms with E-state index in [1.807, 2.05) is 37.3 Å². The Morgan fingerprint density at radius 1 is 1.32 bits per heavy atom. The van der Waals surface area contributed by atoms with E-state index in [1.54, 1.807) is 11.8 Å². The largest absolute Gasteiger partial charge is 0.503 e. The molecule has 2 aliphatic rings. The van der Waals surface area contributed by atoms with Crippen molar-refractivity contribution in [3.05, 3.63) is 62.8 Å². The number of thiazole rings is 1. The Balaban J connectivity index is 1.76. The number of carbonyl (C=O) groups is 2. The van der Waals surface area contributed by atoms with E-state index in [4.69, 9.17) is 4.74 Å². The van der Waals surface area contributed by atoms with Gasteiger partial charge in [0.2, 0.25) is 5.78 Å². The molecule has 7 heteroatoms. The second kappa shape index (κ2) is 7.48. The van der Waals surface area contributed by atoms with Crippen LogP contribution in [0.2, 0.25) is 0 Å². The van der Waals surface area contributed by atoms with Crippen molar-refractivity contribution in [2.75, 3.05) is 13.2 Å². The van der Waals surface area contributed by atoms with Crippen molar-refractivity contribution in [1.29, 1.82) is 0 Å². The first kappa shape index (κ1) is 18.8. The van der Waals surface area contributed by atoms with Crippen molar-refractivity contribution in [1.82, 2.24) is 9.88 Å². The smallest absolute Gasteiger partial charge is 0.290 e. The number of ether oxygens (including phenoxy) is 1. The van der Waals surface area contributed by atoms with E-state index in [0.29, 0.717) is 23.7 Å². The van der Waals surface area contributed by atoms with Crippen LogP contribution in [0, 0.1) is 13.8 Å². The Labute approximate surface area is 167 Å². The molecule has 1 saturated heterocycles. The summed E-state index contributed by atoms with van der Waals surface area (Å²) in [6, 6.07) is 8.72. The maximum absolute atomic E-state index is 13.3. The minimum Gasteiger partial charge on any atom is -0.503 e. The van der Waals surface area contributed by atoms with E-state index in [-0.39, 0.29) is 17.5 Å². The van der Waals surface area contributed by atoms with Crippen molar-refractivity contribution >= 4 is 23.0 Å². The molecule has 6 nitrogen and oxygen atoms in total. The fourth-order valence-electron chi connectivity index (χ4n) is 3.93. The van der Waals surface area contributed by atoms with Gasteiger partial charge < -0.3 is 14.7 Å². The van der Waals surface area contributed by atoms with Gasteiger partial charge in [-0.15, -0.1) is 11.3 Å². The summed E-state index contributed by atoms with van der Waals surface area (Å²) in [5, 5.41) is 11.4. The van der Waals surface area contributed by atoms with E-state index in [0.717, 1.165) is 23.4 Å². The zero-order valence-corrected chi connectivity index (χ0v) is 16.7. The minimum atomic E-state index is -0.632. The summed E-state index contributed by atoms with van der Waals surface area (Å²) in [6.07, 6.45) is 1.74. The maximum Gasteiger partial charge on any atom is 0.290 e. The average molecular weight is 398 g/mol. The molecule has 2 aliphatic heterocycles. The van der Waals surface area contributed by atoms with Crippen LogP contribution in [0.3, 0.4) is 0 Å². The Morgan fingerprint density at radius 2 is 2.07 bits per heavy atom. The van der Waals surface area contributed by atoms with Crippen molar-refractivity contribution < 1.29 is 19.4 Å². The number of hydrogen-bond acceptors (Lipinski definition) is 6. The van der Waals surface area contributed by atoms with Gasteiger partial charge in [0, 0.05) is 13.2 Å². The highest BCUT2D eigenvalue weighted by Gasteiger charge is 2.45. The lowest BCUT2D eigenvalue weighted by Crippen LogP contribution is -2.37. The lowest BCUT2D eigenvalue weighted by atomic mass is 9.95. The quantitative estimate of drug-likeness (QED) is 0.780. The topological polar surface area (TPSA) is 79.7 Å². The van der Waals surface area contributed by atoms with Crippen LogP contribution in [-0.4, -0.2) is 45.9 Å². The summed E-state index contributed by atoms with van der Waals surface area (Å²) in [4.78, 5) is 32.6. The number of aliphatic hydroxyl groups is 1. The van der Waals surface area contributed by atoms with E-state index in [1.165, 1.54) is 11.3 Å². The molecule has 1 aromatic carbocycles. The van der Waals surface area contributed by atoms with Crippen LogP contribution in [0.1, 0.15) is 44.8 Å². The number of rotatable bonds is 5. The van der Waals surface area contributed by atoms with Crippen LogP contribution in [0.4, 0.5) is 0 Å². The molecule has 0 bridgehead atoms. The van der Waals surface area contributed by atoms with E-state index in [9.17, 15) is 14.7 Å².